The van der Waals surface area contributed by atoms with E-state index in [1.165, 1.54) is 18.0 Å². The van der Waals surface area contributed by atoms with E-state index in [0.717, 1.165) is 24.5 Å². The number of hydrogen-bond acceptors (Lipinski definition) is 7. The van der Waals surface area contributed by atoms with Crippen LogP contribution in [-0.2, 0) is 4.79 Å². The van der Waals surface area contributed by atoms with Gasteiger partial charge < -0.3 is 14.5 Å². The van der Waals surface area contributed by atoms with Crippen LogP contribution in [0.1, 0.15) is 12.5 Å². The van der Waals surface area contributed by atoms with Crippen molar-refractivity contribution in [1.29, 1.82) is 0 Å². The molecule has 1 aromatic carbocycles. The molecule has 1 amide bonds. The summed E-state index contributed by atoms with van der Waals surface area (Å²) in [5, 5.41) is 7.77. The lowest BCUT2D eigenvalue weighted by atomic mass is 10.1. The van der Waals surface area contributed by atoms with Crippen molar-refractivity contribution in [2.45, 2.75) is 17.6 Å². The van der Waals surface area contributed by atoms with Gasteiger partial charge in [0, 0.05) is 44.0 Å². The number of piperazine rings is 1. The number of ether oxygens (including phenoxy) is 1. The molecule has 3 aromatic rings. The summed E-state index contributed by atoms with van der Waals surface area (Å²) in [4.78, 5) is 34.4. The molecule has 1 saturated heterocycles. The van der Waals surface area contributed by atoms with E-state index in [-0.39, 0.29) is 17.5 Å². The Bertz CT molecular complexity index is 1130. The first kappa shape index (κ1) is 19.0. The lowest BCUT2D eigenvalue weighted by molar-refractivity contribution is -0.132. The maximum Gasteiger partial charge on any atom is 0.265 e. The van der Waals surface area contributed by atoms with Gasteiger partial charge in [0.25, 0.3) is 5.56 Å². The fourth-order valence-electron chi connectivity index (χ4n) is 4.04. The van der Waals surface area contributed by atoms with Crippen molar-refractivity contribution in [2.24, 2.45) is 0 Å². The first-order chi connectivity index (χ1) is 14.6. The number of nitrogens with zero attached hydrogens (tertiary/aromatic N) is 5. The highest BCUT2D eigenvalue weighted by Crippen LogP contribution is 2.33. The van der Waals surface area contributed by atoms with Gasteiger partial charge in [-0.05, 0) is 24.3 Å². The van der Waals surface area contributed by atoms with Crippen molar-refractivity contribution in [3.8, 4) is 5.75 Å². The molecule has 4 heterocycles. The first-order valence-corrected chi connectivity index (χ1v) is 10.9. The van der Waals surface area contributed by atoms with Gasteiger partial charge in [0.15, 0.2) is 10.8 Å². The number of nitrogens with one attached hydrogen (secondary N) is 1. The summed E-state index contributed by atoms with van der Waals surface area (Å²) in [6, 6.07) is 7.81. The lowest BCUT2D eigenvalue weighted by Gasteiger charge is -2.36. The molecule has 0 spiro atoms. The summed E-state index contributed by atoms with van der Waals surface area (Å²) in [5.74, 6) is 1.60. The largest absolute Gasteiger partial charge is 0.497 e. The molecule has 30 heavy (non-hydrogen) atoms. The van der Waals surface area contributed by atoms with Gasteiger partial charge in [0.2, 0.25) is 5.91 Å². The van der Waals surface area contributed by atoms with Crippen LogP contribution in [0.5, 0.6) is 5.75 Å². The van der Waals surface area contributed by atoms with Crippen LogP contribution in [0.15, 0.2) is 40.4 Å². The summed E-state index contributed by atoms with van der Waals surface area (Å²) in [7, 11) is 1.66. The zero-order valence-electron chi connectivity index (χ0n) is 16.6. The maximum atomic E-state index is 12.9. The molecule has 1 atom stereocenters. The number of amides is 1. The normalized spacial score (nSPS) is 18.6. The summed E-state index contributed by atoms with van der Waals surface area (Å²) in [6.45, 7) is 2.91. The van der Waals surface area contributed by atoms with Crippen molar-refractivity contribution in [3.05, 3.63) is 40.8 Å². The highest BCUT2D eigenvalue weighted by Gasteiger charge is 2.31. The Morgan fingerprint density at radius 3 is 2.73 bits per heavy atom. The molecule has 9 nitrogen and oxygen atoms in total. The minimum Gasteiger partial charge on any atom is -0.497 e. The number of aromatic nitrogens is 4. The van der Waals surface area contributed by atoms with Crippen molar-refractivity contribution in [2.75, 3.05) is 43.9 Å². The minimum atomic E-state index is -0.170. The number of fused-ring (bicyclic) bond motifs is 2. The van der Waals surface area contributed by atoms with Crippen LogP contribution in [0, 0.1) is 0 Å². The van der Waals surface area contributed by atoms with E-state index >= 15 is 0 Å². The summed E-state index contributed by atoms with van der Waals surface area (Å²) >= 11 is 1.51. The summed E-state index contributed by atoms with van der Waals surface area (Å²) < 4.78 is 6.87. The van der Waals surface area contributed by atoms with Crippen molar-refractivity contribution < 1.29 is 9.53 Å². The summed E-state index contributed by atoms with van der Waals surface area (Å²) in [5.41, 5.74) is 1.50. The van der Waals surface area contributed by atoms with Crippen LogP contribution < -0.4 is 15.2 Å². The number of anilines is 1. The van der Waals surface area contributed by atoms with E-state index < -0.39 is 0 Å². The predicted octanol–water partition coefficient (Wildman–Crippen LogP) is 1.51. The molecule has 0 saturated carbocycles. The first-order valence-electron chi connectivity index (χ1n) is 9.89. The zero-order valence-corrected chi connectivity index (χ0v) is 17.4. The molecule has 1 fully saturated rings. The number of hydrogen-bond donors (Lipinski definition) is 1. The molecule has 0 bridgehead atoms. The maximum absolute atomic E-state index is 12.9. The number of carbonyl (C=O) groups is 1. The molecule has 1 unspecified atom stereocenters. The van der Waals surface area contributed by atoms with E-state index in [0.29, 0.717) is 41.5 Å². The molecule has 0 radical (unpaired) electrons. The van der Waals surface area contributed by atoms with E-state index in [2.05, 4.69) is 20.1 Å². The van der Waals surface area contributed by atoms with Crippen LogP contribution in [-0.4, -0.2) is 69.6 Å². The zero-order chi connectivity index (χ0) is 20.7. The third kappa shape index (κ3) is 3.30. The van der Waals surface area contributed by atoms with Crippen LogP contribution in [0.25, 0.3) is 11.0 Å². The van der Waals surface area contributed by atoms with Gasteiger partial charge >= 0.3 is 0 Å². The van der Waals surface area contributed by atoms with E-state index in [9.17, 15) is 9.59 Å². The average Bonchev–Trinajstić information content (AvgIpc) is 3.42. The van der Waals surface area contributed by atoms with Gasteiger partial charge in [-0.1, -0.05) is 11.8 Å². The quantitative estimate of drug-likeness (QED) is 0.632. The Kier molecular flexibility index (Phi) is 4.86. The van der Waals surface area contributed by atoms with Crippen LogP contribution in [0.4, 0.5) is 5.69 Å². The SMILES string of the molecule is COc1ccc(N2CCN(C(=O)CC3CSc4nc5[nH]ncc5c(=O)n43)CC2)cc1. The third-order valence-corrected chi connectivity index (χ3v) is 6.83. The molecule has 0 aliphatic carbocycles. The fourth-order valence-corrected chi connectivity index (χ4v) is 5.18. The van der Waals surface area contributed by atoms with Gasteiger partial charge in [0.05, 0.1) is 19.3 Å². The highest BCUT2D eigenvalue weighted by atomic mass is 32.2. The molecular weight excluding hydrogens is 404 g/mol. The number of carbonyl (C=O) groups excluding carboxylic acids is 1. The topological polar surface area (TPSA) is 96.3 Å². The van der Waals surface area contributed by atoms with Gasteiger partial charge in [-0.3, -0.25) is 19.3 Å². The van der Waals surface area contributed by atoms with Crippen molar-refractivity contribution in [1.82, 2.24) is 24.6 Å². The second-order valence-electron chi connectivity index (χ2n) is 7.44. The van der Waals surface area contributed by atoms with Gasteiger partial charge in [-0.2, -0.15) is 5.10 Å². The monoisotopic (exact) mass is 426 g/mol. The van der Waals surface area contributed by atoms with Crippen molar-refractivity contribution in [3.63, 3.8) is 0 Å². The van der Waals surface area contributed by atoms with Crippen molar-refractivity contribution >= 4 is 34.4 Å². The van der Waals surface area contributed by atoms with Crippen LogP contribution in [0.3, 0.4) is 0 Å². The number of benzene rings is 1. The number of H-pyrrole nitrogens is 1. The van der Waals surface area contributed by atoms with Gasteiger partial charge in [-0.25, -0.2) is 4.98 Å². The standard InChI is InChI=1S/C20H22N6O3S/c1-29-15-4-2-13(3-5-15)24-6-8-25(9-7-24)17(27)10-14-12-30-20-22-18-16(11-21-23-18)19(28)26(14)20/h2-5,11,14H,6-10,12H2,1H3,(H,21,23). The molecule has 2 aromatic heterocycles. The summed E-state index contributed by atoms with van der Waals surface area (Å²) in [6.07, 6.45) is 1.81. The smallest absolute Gasteiger partial charge is 0.265 e. The number of thioether (sulfide) groups is 1. The number of methoxy groups -OCH3 is 1. The Morgan fingerprint density at radius 1 is 1.23 bits per heavy atom. The number of rotatable bonds is 4. The Morgan fingerprint density at radius 2 is 2.00 bits per heavy atom. The highest BCUT2D eigenvalue weighted by molar-refractivity contribution is 7.99. The number of aromatic amines is 1. The molecule has 2 aliphatic rings. The second kappa shape index (κ2) is 7.67. The van der Waals surface area contributed by atoms with Gasteiger partial charge in [0.1, 0.15) is 11.1 Å². The van der Waals surface area contributed by atoms with E-state index in [1.54, 1.807) is 11.7 Å². The van der Waals surface area contributed by atoms with E-state index in [1.807, 2.05) is 29.2 Å². The Balaban J connectivity index is 1.24. The predicted molar refractivity (Wildman–Crippen MR) is 114 cm³/mol. The van der Waals surface area contributed by atoms with E-state index in [4.69, 9.17) is 4.74 Å². The molecule has 1 N–H and O–H groups in total. The Hall–Kier alpha value is -3.01. The molecule has 5 rings (SSSR count). The minimum absolute atomic E-state index is 0.0852. The van der Waals surface area contributed by atoms with Crippen LogP contribution in [0.2, 0.25) is 0 Å². The molecule has 10 heteroatoms. The lowest BCUT2D eigenvalue weighted by Crippen LogP contribution is -2.49. The second-order valence-corrected chi connectivity index (χ2v) is 8.42. The fraction of sp³-hybridized carbons (Fsp3) is 0.400. The molecular formula is C20H22N6O3S. The van der Waals surface area contributed by atoms with Gasteiger partial charge in [-0.15, -0.1) is 0 Å². The van der Waals surface area contributed by atoms with Crippen LogP contribution >= 0.6 is 11.8 Å². The molecule has 156 valence electrons. The average molecular weight is 427 g/mol. The third-order valence-electron chi connectivity index (χ3n) is 5.73. The Labute approximate surface area is 177 Å². The molecule has 2 aliphatic heterocycles.